The molecule has 1 saturated heterocycles. The van der Waals surface area contributed by atoms with Gasteiger partial charge in [-0.1, -0.05) is 11.8 Å². The Kier molecular flexibility index (Phi) is 3.97. The zero-order valence-corrected chi connectivity index (χ0v) is 9.64. The molecule has 2 N–H and O–H groups in total. The SMILES string of the molecule is CC(C)(C)C#CCN1CCC(N)CC1. The van der Waals surface area contributed by atoms with Gasteiger partial charge in [0.15, 0.2) is 0 Å². The Bertz CT molecular complexity index is 221. The third-order valence-electron chi connectivity index (χ3n) is 2.40. The lowest BCUT2D eigenvalue weighted by molar-refractivity contribution is 0.236. The van der Waals surface area contributed by atoms with Crippen LogP contribution in [0.3, 0.4) is 0 Å². The molecule has 80 valence electrons. The molecule has 0 aromatic heterocycles. The highest BCUT2D eigenvalue weighted by Gasteiger charge is 2.14. The Labute approximate surface area is 87.8 Å². The van der Waals surface area contributed by atoms with Crippen LogP contribution in [-0.2, 0) is 0 Å². The minimum absolute atomic E-state index is 0.131. The molecule has 0 spiro atoms. The summed E-state index contributed by atoms with van der Waals surface area (Å²) in [5, 5.41) is 0. The summed E-state index contributed by atoms with van der Waals surface area (Å²) in [4.78, 5) is 2.39. The second-order valence-electron chi connectivity index (χ2n) is 5.17. The molecule has 0 aromatic carbocycles. The summed E-state index contributed by atoms with van der Waals surface area (Å²) in [6, 6.07) is 0.418. The Hall–Kier alpha value is -0.520. The Morgan fingerprint density at radius 2 is 1.86 bits per heavy atom. The van der Waals surface area contributed by atoms with Gasteiger partial charge in [0.25, 0.3) is 0 Å². The molecule has 14 heavy (non-hydrogen) atoms. The molecule has 1 aliphatic rings. The second-order valence-corrected chi connectivity index (χ2v) is 5.17. The van der Waals surface area contributed by atoms with Crippen molar-refractivity contribution in [1.82, 2.24) is 4.90 Å². The Morgan fingerprint density at radius 1 is 1.29 bits per heavy atom. The van der Waals surface area contributed by atoms with Gasteiger partial charge in [0.05, 0.1) is 6.54 Å². The molecule has 2 heteroatoms. The molecular weight excluding hydrogens is 172 g/mol. The van der Waals surface area contributed by atoms with Gasteiger partial charge in [-0.15, -0.1) is 0 Å². The molecule has 0 bridgehead atoms. The van der Waals surface area contributed by atoms with Crippen LogP contribution in [0.2, 0.25) is 0 Å². The van der Waals surface area contributed by atoms with Gasteiger partial charge in [0.1, 0.15) is 0 Å². The largest absolute Gasteiger partial charge is 0.328 e. The van der Waals surface area contributed by atoms with Gasteiger partial charge in [-0.2, -0.15) is 0 Å². The van der Waals surface area contributed by atoms with Crippen molar-refractivity contribution in [3.8, 4) is 11.8 Å². The lowest BCUT2D eigenvalue weighted by atomic mass is 9.98. The summed E-state index contributed by atoms with van der Waals surface area (Å²) in [6.45, 7) is 9.56. The molecule has 0 radical (unpaired) electrons. The zero-order chi connectivity index (χ0) is 10.6. The van der Waals surface area contributed by atoms with Crippen LogP contribution in [-0.4, -0.2) is 30.6 Å². The smallest absolute Gasteiger partial charge is 0.0601 e. The molecule has 1 fully saturated rings. The maximum atomic E-state index is 5.83. The summed E-state index contributed by atoms with van der Waals surface area (Å²) in [6.07, 6.45) is 2.24. The van der Waals surface area contributed by atoms with Gasteiger partial charge >= 0.3 is 0 Å². The number of piperidine rings is 1. The predicted octanol–water partition coefficient (Wildman–Crippen LogP) is 1.46. The van der Waals surface area contributed by atoms with E-state index in [0.29, 0.717) is 6.04 Å². The van der Waals surface area contributed by atoms with E-state index in [4.69, 9.17) is 5.73 Å². The molecule has 0 unspecified atom stereocenters. The maximum Gasteiger partial charge on any atom is 0.0601 e. The minimum Gasteiger partial charge on any atom is -0.328 e. The van der Waals surface area contributed by atoms with Crippen LogP contribution in [0.15, 0.2) is 0 Å². The van der Waals surface area contributed by atoms with Gasteiger partial charge in [-0.25, -0.2) is 0 Å². The van der Waals surface area contributed by atoms with E-state index in [-0.39, 0.29) is 5.41 Å². The van der Waals surface area contributed by atoms with E-state index in [9.17, 15) is 0 Å². The highest BCUT2D eigenvalue weighted by Crippen LogP contribution is 2.10. The quantitative estimate of drug-likeness (QED) is 0.640. The first-order valence-corrected chi connectivity index (χ1v) is 5.45. The first-order chi connectivity index (χ1) is 6.47. The maximum absolute atomic E-state index is 5.83. The van der Waals surface area contributed by atoms with Gasteiger partial charge in [-0.05, 0) is 33.6 Å². The van der Waals surface area contributed by atoms with Crippen molar-refractivity contribution in [2.75, 3.05) is 19.6 Å². The third kappa shape index (κ3) is 4.64. The topological polar surface area (TPSA) is 29.3 Å². The van der Waals surface area contributed by atoms with E-state index in [1.807, 2.05) is 0 Å². The fraction of sp³-hybridized carbons (Fsp3) is 0.833. The number of nitrogens with zero attached hydrogens (tertiary/aromatic N) is 1. The minimum atomic E-state index is 0.131. The average molecular weight is 194 g/mol. The van der Waals surface area contributed by atoms with E-state index in [2.05, 4.69) is 37.5 Å². The highest BCUT2D eigenvalue weighted by molar-refractivity contribution is 5.08. The number of hydrogen-bond donors (Lipinski definition) is 1. The van der Waals surface area contributed by atoms with Crippen molar-refractivity contribution >= 4 is 0 Å². The zero-order valence-electron chi connectivity index (χ0n) is 9.64. The molecular formula is C12H22N2. The normalized spacial score (nSPS) is 20.3. The van der Waals surface area contributed by atoms with Crippen LogP contribution >= 0.6 is 0 Å². The fourth-order valence-corrected chi connectivity index (χ4v) is 1.53. The highest BCUT2D eigenvalue weighted by atomic mass is 15.1. The van der Waals surface area contributed by atoms with Gasteiger partial charge in [-0.3, -0.25) is 4.90 Å². The summed E-state index contributed by atoms with van der Waals surface area (Å²) >= 11 is 0. The molecule has 1 heterocycles. The summed E-state index contributed by atoms with van der Waals surface area (Å²) in [5.74, 6) is 6.50. The molecule has 0 aliphatic carbocycles. The molecule has 1 rings (SSSR count). The van der Waals surface area contributed by atoms with Crippen LogP contribution in [0.4, 0.5) is 0 Å². The van der Waals surface area contributed by atoms with E-state index in [0.717, 1.165) is 32.5 Å². The first kappa shape index (κ1) is 11.6. The summed E-state index contributed by atoms with van der Waals surface area (Å²) < 4.78 is 0. The van der Waals surface area contributed by atoms with Gasteiger partial charge < -0.3 is 5.73 Å². The van der Waals surface area contributed by atoms with Crippen molar-refractivity contribution in [3.63, 3.8) is 0 Å². The first-order valence-electron chi connectivity index (χ1n) is 5.45. The van der Waals surface area contributed by atoms with Crippen LogP contribution in [0, 0.1) is 17.3 Å². The second kappa shape index (κ2) is 4.82. The summed E-state index contributed by atoms with van der Waals surface area (Å²) in [5.41, 5.74) is 5.96. The summed E-state index contributed by atoms with van der Waals surface area (Å²) in [7, 11) is 0. The molecule has 0 aromatic rings. The van der Waals surface area contributed by atoms with E-state index in [1.165, 1.54) is 0 Å². The van der Waals surface area contributed by atoms with Crippen molar-refractivity contribution < 1.29 is 0 Å². The lowest BCUT2D eigenvalue weighted by Crippen LogP contribution is -2.39. The van der Waals surface area contributed by atoms with Crippen molar-refractivity contribution in [3.05, 3.63) is 0 Å². The van der Waals surface area contributed by atoms with Crippen LogP contribution in [0.1, 0.15) is 33.6 Å². The van der Waals surface area contributed by atoms with Crippen LogP contribution in [0.25, 0.3) is 0 Å². The van der Waals surface area contributed by atoms with Crippen LogP contribution < -0.4 is 5.73 Å². The monoisotopic (exact) mass is 194 g/mol. The number of nitrogens with two attached hydrogens (primary N) is 1. The number of likely N-dealkylation sites (tertiary alicyclic amines) is 1. The standard InChI is InChI=1S/C12H22N2/c1-12(2,3)7-4-8-14-9-5-11(13)6-10-14/h11H,5-6,8-10,13H2,1-3H3. The van der Waals surface area contributed by atoms with Crippen molar-refractivity contribution in [2.24, 2.45) is 11.1 Å². The van der Waals surface area contributed by atoms with Crippen molar-refractivity contribution in [1.29, 1.82) is 0 Å². The molecule has 0 amide bonds. The number of hydrogen-bond acceptors (Lipinski definition) is 2. The molecule has 1 aliphatic heterocycles. The molecule has 2 nitrogen and oxygen atoms in total. The lowest BCUT2D eigenvalue weighted by Gasteiger charge is -2.28. The molecule has 0 saturated carbocycles. The fourth-order valence-electron chi connectivity index (χ4n) is 1.53. The average Bonchev–Trinajstić information content (AvgIpc) is 2.06. The van der Waals surface area contributed by atoms with E-state index >= 15 is 0 Å². The van der Waals surface area contributed by atoms with Gasteiger partial charge in [0, 0.05) is 24.5 Å². The van der Waals surface area contributed by atoms with Crippen molar-refractivity contribution in [2.45, 2.75) is 39.7 Å². The molecule has 0 atom stereocenters. The third-order valence-corrected chi connectivity index (χ3v) is 2.40. The van der Waals surface area contributed by atoms with E-state index < -0.39 is 0 Å². The van der Waals surface area contributed by atoms with E-state index in [1.54, 1.807) is 0 Å². The number of rotatable bonds is 1. The Balaban J connectivity index is 2.28. The van der Waals surface area contributed by atoms with Crippen LogP contribution in [0.5, 0.6) is 0 Å². The predicted molar refractivity (Wildman–Crippen MR) is 60.9 cm³/mol. The Morgan fingerprint density at radius 3 is 2.36 bits per heavy atom. The van der Waals surface area contributed by atoms with Gasteiger partial charge in [0.2, 0.25) is 0 Å².